The number of halogens is 1. The maximum Gasteiger partial charge on any atom is 0.166 e. The normalized spacial score (nSPS) is 20.6. The van der Waals surface area contributed by atoms with Crippen LogP contribution in [0.4, 0.5) is 4.39 Å². The second kappa shape index (κ2) is 10.5. The highest BCUT2D eigenvalue weighted by Crippen LogP contribution is 2.27. The Morgan fingerprint density at radius 3 is 2.03 bits per heavy atom. The molecule has 2 saturated heterocycles. The number of hydrogen-bond donors (Lipinski definition) is 0. The Hall–Kier alpha value is -2.08. The molecule has 2 aliphatic heterocycles. The highest BCUT2D eigenvalue weighted by atomic mass is 19.1. The molecule has 4 rings (SSSR count). The number of benzene rings is 2. The molecule has 2 heterocycles. The predicted octanol–water partition coefficient (Wildman–Crippen LogP) is 4.10. The van der Waals surface area contributed by atoms with Gasteiger partial charge >= 0.3 is 0 Å². The Kier molecular flexibility index (Phi) is 7.49. The number of piperazine rings is 1. The van der Waals surface area contributed by atoms with E-state index >= 15 is 0 Å². The number of carbonyl (C=O) groups is 1. The molecule has 0 bridgehead atoms. The smallest absolute Gasteiger partial charge is 0.166 e. The lowest BCUT2D eigenvalue weighted by Gasteiger charge is -2.39. The molecule has 5 heteroatoms. The van der Waals surface area contributed by atoms with Crippen molar-refractivity contribution in [3.05, 3.63) is 71.5 Å². The van der Waals surface area contributed by atoms with Crippen LogP contribution in [-0.2, 0) is 0 Å². The van der Waals surface area contributed by atoms with Gasteiger partial charge in [0.1, 0.15) is 5.82 Å². The first kappa shape index (κ1) is 22.1. The number of hydrogen-bond acceptors (Lipinski definition) is 4. The van der Waals surface area contributed by atoms with E-state index in [4.69, 9.17) is 0 Å². The molecule has 2 aliphatic rings. The molecular formula is C26H34FN3O. The molecule has 0 unspecified atom stereocenters. The maximum atomic E-state index is 13.4. The van der Waals surface area contributed by atoms with Crippen LogP contribution >= 0.6 is 0 Å². The summed E-state index contributed by atoms with van der Waals surface area (Å²) in [6.07, 6.45) is 2.50. The summed E-state index contributed by atoms with van der Waals surface area (Å²) in [4.78, 5) is 20.2. The number of carbonyl (C=O) groups excluding carboxylic acids is 1. The number of rotatable bonds is 8. The fraction of sp³-hybridized carbons (Fsp3) is 0.500. The number of nitrogens with zero attached hydrogens (tertiary/aromatic N) is 3. The van der Waals surface area contributed by atoms with Gasteiger partial charge in [0.05, 0.1) is 0 Å². The van der Waals surface area contributed by atoms with E-state index in [0.29, 0.717) is 6.04 Å². The van der Waals surface area contributed by atoms with E-state index in [2.05, 4.69) is 14.7 Å². The van der Waals surface area contributed by atoms with Crippen LogP contribution < -0.4 is 0 Å². The lowest BCUT2D eigenvalue weighted by atomic mass is 9.98. The van der Waals surface area contributed by atoms with Gasteiger partial charge in [0, 0.05) is 56.8 Å². The summed E-state index contributed by atoms with van der Waals surface area (Å²) in [6.45, 7) is 10.1. The number of Topliss-reactive ketones (excluding diaryl/α,β-unsaturated/α-hetero) is 1. The van der Waals surface area contributed by atoms with E-state index < -0.39 is 0 Å². The van der Waals surface area contributed by atoms with Gasteiger partial charge in [0.15, 0.2) is 5.78 Å². The Morgan fingerprint density at radius 1 is 0.839 bits per heavy atom. The minimum atomic E-state index is -0.170. The Bertz CT molecular complexity index is 827. The van der Waals surface area contributed by atoms with Gasteiger partial charge in [-0.2, -0.15) is 0 Å². The van der Waals surface area contributed by atoms with E-state index in [1.807, 2.05) is 49.4 Å². The summed E-state index contributed by atoms with van der Waals surface area (Å²) in [5.74, 6) is 0.0654. The Labute approximate surface area is 185 Å². The molecule has 0 spiro atoms. The van der Waals surface area contributed by atoms with Crippen LogP contribution in [0.1, 0.15) is 41.7 Å². The van der Waals surface area contributed by atoms with Crippen molar-refractivity contribution < 1.29 is 9.18 Å². The third kappa shape index (κ3) is 5.79. The first-order valence-corrected chi connectivity index (χ1v) is 11.6. The minimum Gasteiger partial charge on any atom is -0.300 e. The van der Waals surface area contributed by atoms with Gasteiger partial charge in [-0.15, -0.1) is 0 Å². The van der Waals surface area contributed by atoms with Gasteiger partial charge in [-0.3, -0.25) is 14.6 Å². The molecule has 0 amide bonds. The zero-order chi connectivity index (χ0) is 21.6. The molecule has 0 aromatic heterocycles. The highest BCUT2D eigenvalue weighted by molar-refractivity contribution is 5.97. The van der Waals surface area contributed by atoms with Crippen molar-refractivity contribution in [3.8, 4) is 0 Å². The first-order valence-electron chi connectivity index (χ1n) is 11.6. The molecule has 2 aromatic carbocycles. The summed E-state index contributed by atoms with van der Waals surface area (Å²) >= 11 is 0. The Morgan fingerprint density at radius 2 is 1.42 bits per heavy atom. The Balaban J connectivity index is 1.31. The van der Waals surface area contributed by atoms with E-state index in [9.17, 15) is 9.18 Å². The molecule has 31 heavy (non-hydrogen) atoms. The molecule has 0 N–H and O–H groups in total. The third-order valence-corrected chi connectivity index (χ3v) is 6.77. The van der Waals surface area contributed by atoms with E-state index in [1.165, 1.54) is 18.4 Å². The highest BCUT2D eigenvalue weighted by Gasteiger charge is 2.28. The monoisotopic (exact) mass is 423 g/mol. The molecule has 2 atom stereocenters. The van der Waals surface area contributed by atoms with Crippen molar-refractivity contribution in [2.24, 2.45) is 5.92 Å². The maximum absolute atomic E-state index is 13.4. The second-order valence-electron chi connectivity index (χ2n) is 9.04. The second-order valence-corrected chi connectivity index (χ2v) is 9.04. The van der Waals surface area contributed by atoms with Crippen LogP contribution in [0.5, 0.6) is 0 Å². The lowest BCUT2D eigenvalue weighted by molar-refractivity contribution is 0.0769. The fourth-order valence-electron chi connectivity index (χ4n) is 4.93. The summed E-state index contributed by atoms with van der Waals surface area (Å²) in [6, 6.07) is 17.0. The number of ketones is 1. The van der Waals surface area contributed by atoms with Crippen molar-refractivity contribution >= 4 is 5.78 Å². The largest absolute Gasteiger partial charge is 0.300 e. The third-order valence-electron chi connectivity index (χ3n) is 6.77. The molecule has 0 aliphatic carbocycles. The van der Waals surface area contributed by atoms with Gasteiger partial charge in [-0.05, 0) is 43.6 Å². The molecule has 2 aromatic rings. The summed E-state index contributed by atoms with van der Waals surface area (Å²) in [7, 11) is 0. The molecular weight excluding hydrogens is 389 g/mol. The lowest BCUT2D eigenvalue weighted by Crippen LogP contribution is -2.50. The molecule has 0 saturated carbocycles. The molecule has 4 nitrogen and oxygen atoms in total. The van der Waals surface area contributed by atoms with Crippen molar-refractivity contribution in [3.63, 3.8) is 0 Å². The van der Waals surface area contributed by atoms with Crippen LogP contribution in [0.2, 0.25) is 0 Å². The minimum absolute atomic E-state index is 0.00511. The standard InChI is InChI=1S/C26H34FN3O/c1-21(26(31)23-7-3-2-4-8-23)19-28-15-17-29(18-16-28)20-25(30-13-5-6-14-30)22-9-11-24(27)12-10-22/h2-4,7-12,21,25H,5-6,13-20H2,1H3/t21-,25-/m0/s1. The number of likely N-dealkylation sites (tertiary alicyclic amines) is 1. The van der Waals surface area contributed by atoms with Crippen molar-refractivity contribution in [2.75, 3.05) is 52.4 Å². The van der Waals surface area contributed by atoms with Gasteiger partial charge in [-0.25, -0.2) is 4.39 Å². The van der Waals surface area contributed by atoms with Gasteiger partial charge < -0.3 is 4.90 Å². The van der Waals surface area contributed by atoms with Crippen LogP contribution in [0.15, 0.2) is 54.6 Å². The van der Waals surface area contributed by atoms with E-state index in [-0.39, 0.29) is 17.5 Å². The summed E-state index contributed by atoms with van der Waals surface area (Å²) in [5, 5.41) is 0. The van der Waals surface area contributed by atoms with Crippen LogP contribution in [0, 0.1) is 11.7 Å². The summed E-state index contributed by atoms with van der Waals surface area (Å²) < 4.78 is 13.4. The van der Waals surface area contributed by atoms with Gasteiger partial charge in [0.2, 0.25) is 0 Å². The van der Waals surface area contributed by atoms with Gasteiger partial charge in [-0.1, -0.05) is 49.4 Å². The topological polar surface area (TPSA) is 26.8 Å². The van der Waals surface area contributed by atoms with E-state index in [1.54, 1.807) is 12.1 Å². The molecule has 0 radical (unpaired) electrons. The van der Waals surface area contributed by atoms with Crippen LogP contribution in [-0.4, -0.2) is 72.8 Å². The predicted molar refractivity (Wildman–Crippen MR) is 123 cm³/mol. The molecule has 2 fully saturated rings. The first-order chi connectivity index (χ1) is 15.1. The van der Waals surface area contributed by atoms with Crippen molar-refractivity contribution in [1.82, 2.24) is 14.7 Å². The zero-order valence-corrected chi connectivity index (χ0v) is 18.5. The quantitative estimate of drug-likeness (QED) is 0.598. The molecule has 166 valence electrons. The zero-order valence-electron chi connectivity index (χ0n) is 18.5. The summed E-state index contributed by atoms with van der Waals surface area (Å²) in [5.41, 5.74) is 2.02. The van der Waals surface area contributed by atoms with Gasteiger partial charge in [0.25, 0.3) is 0 Å². The van der Waals surface area contributed by atoms with E-state index in [0.717, 1.165) is 57.9 Å². The van der Waals surface area contributed by atoms with Crippen molar-refractivity contribution in [1.29, 1.82) is 0 Å². The average Bonchev–Trinajstić information content (AvgIpc) is 3.34. The van der Waals surface area contributed by atoms with Crippen molar-refractivity contribution in [2.45, 2.75) is 25.8 Å². The average molecular weight is 424 g/mol. The SMILES string of the molecule is C[C@@H](CN1CCN(C[C@@H](c2ccc(F)cc2)N2CCCC2)CC1)C(=O)c1ccccc1. The van der Waals surface area contributed by atoms with Crippen LogP contribution in [0.3, 0.4) is 0 Å². The van der Waals surface area contributed by atoms with Crippen LogP contribution in [0.25, 0.3) is 0 Å². The fourth-order valence-corrected chi connectivity index (χ4v) is 4.93.